The normalized spacial score (nSPS) is 17.5. The summed E-state index contributed by atoms with van der Waals surface area (Å²) in [5.74, 6) is -2.74. The number of nitrogens with zero attached hydrogens (tertiary/aromatic N) is 2. The maximum Gasteiger partial charge on any atom is 0.490 e. The summed E-state index contributed by atoms with van der Waals surface area (Å²) in [4.78, 5) is 22.5. The highest BCUT2D eigenvalue weighted by Crippen LogP contribution is 2.15. The van der Waals surface area contributed by atoms with E-state index in [1.54, 1.807) is 11.0 Å². The number of hydrogen-bond donors (Lipinski definition) is 2. The number of carbonyl (C=O) groups excluding carboxylic acids is 1. The molecule has 3 N–H and O–H groups in total. The minimum atomic E-state index is -5.08. The number of rotatable bonds is 2. The first-order chi connectivity index (χ1) is 11.1. The second-order valence-corrected chi connectivity index (χ2v) is 5.12. The number of likely N-dealkylation sites (tertiary alicyclic amines) is 1. The van der Waals surface area contributed by atoms with Crippen LogP contribution >= 0.6 is 0 Å². The molecule has 24 heavy (non-hydrogen) atoms. The van der Waals surface area contributed by atoms with Crippen molar-refractivity contribution < 1.29 is 27.9 Å². The van der Waals surface area contributed by atoms with E-state index in [0.29, 0.717) is 12.1 Å². The quantitative estimate of drug-likeness (QED) is 0.849. The van der Waals surface area contributed by atoms with Gasteiger partial charge in [-0.05, 0) is 30.5 Å². The van der Waals surface area contributed by atoms with Crippen LogP contribution in [0.3, 0.4) is 0 Å². The molecule has 1 aliphatic rings. The summed E-state index contributed by atoms with van der Waals surface area (Å²) in [6.45, 7) is 1.30. The SMILES string of the molecule is N#Cc1cccc(CN2CCCC(N)C2=O)c1.O=C(O)C(F)(F)F. The van der Waals surface area contributed by atoms with Crippen LogP contribution in [0.25, 0.3) is 0 Å². The highest BCUT2D eigenvalue weighted by atomic mass is 19.4. The molecule has 1 fully saturated rings. The van der Waals surface area contributed by atoms with Gasteiger partial charge >= 0.3 is 12.1 Å². The minimum Gasteiger partial charge on any atom is -0.475 e. The van der Waals surface area contributed by atoms with E-state index in [0.717, 1.165) is 24.9 Å². The molecular formula is C15H16F3N3O3. The number of hydrogen-bond acceptors (Lipinski definition) is 4. The molecule has 0 spiro atoms. The lowest BCUT2D eigenvalue weighted by atomic mass is 10.0. The molecule has 0 bridgehead atoms. The molecular weight excluding hydrogens is 327 g/mol. The van der Waals surface area contributed by atoms with Gasteiger partial charge in [-0.15, -0.1) is 0 Å². The van der Waals surface area contributed by atoms with Crippen molar-refractivity contribution in [1.29, 1.82) is 5.26 Å². The monoisotopic (exact) mass is 343 g/mol. The van der Waals surface area contributed by atoms with Gasteiger partial charge in [0.2, 0.25) is 5.91 Å². The number of carbonyl (C=O) groups is 2. The number of piperidine rings is 1. The van der Waals surface area contributed by atoms with Crippen molar-refractivity contribution in [2.45, 2.75) is 31.6 Å². The molecule has 1 amide bonds. The van der Waals surface area contributed by atoms with E-state index in [9.17, 15) is 18.0 Å². The maximum absolute atomic E-state index is 11.8. The fourth-order valence-electron chi connectivity index (χ4n) is 2.09. The summed E-state index contributed by atoms with van der Waals surface area (Å²) in [5.41, 5.74) is 7.33. The van der Waals surface area contributed by atoms with Gasteiger partial charge in [-0.1, -0.05) is 12.1 Å². The van der Waals surface area contributed by atoms with Crippen LogP contribution in [-0.2, 0) is 16.1 Å². The molecule has 6 nitrogen and oxygen atoms in total. The first-order valence-electron chi connectivity index (χ1n) is 6.98. The lowest BCUT2D eigenvalue weighted by molar-refractivity contribution is -0.192. The fraction of sp³-hybridized carbons (Fsp3) is 0.400. The summed E-state index contributed by atoms with van der Waals surface area (Å²) >= 11 is 0. The molecule has 1 aliphatic heterocycles. The number of carboxylic acid groups (broad SMARTS) is 1. The van der Waals surface area contributed by atoms with Gasteiger partial charge in [0.05, 0.1) is 17.7 Å². The lowest BCUT2D eigenvalue weighted by Gasteiger charge is -2.30. The Morgan fingerprint density at radius 2 is 2.08 bits per heavy atom. The Hall–Kier alpha value is -2.60. The molecule has 1 heterocycles. The highest BCUT2D eigenvalue weighted by Gasteiger charge is 2.38. The number of benzene rings is 1. The van der Waals surface area contributed by atoms with Crippen LogP contribution in [0.5, 0.6) is 0 Å². The Labute approximate surface area is 136 Å². The van der Waals surface area contributed by atoms with Gasteiger partial charge in [-0.2, -0.15) is 18.4 Å². The van der Waals surface area contributed by atoms with Crippen molar-refractivity contribution in [2.75, 3.05) is 6.54 Å². The predicted octanol–water partition coefficient (Wildman–Crippen LogP) is 1.64. The summed E-state index contributed by atoms with van der Waals surface area (Å²) in [6, 6.07) is 9.07. The molecule has 130 valence electrons. The van der Waals surface area contributed by atoms with Crippen LogP contribution in [0.4, 0.5) is 13.2 Å². The second-order valence-electron chi connectivity index (χ2n) is 5.12. The Bertz CT molecular complexity index is 641. The molecule has 1 aromatic carbocycles. The molecule has 2 rings (SSSR count). The van der Waals surface area contributed by atoms with Gasteiger partial charge in [0.15, 0.2) is 0 Å². The zero-order chi connectivity index (χ0) is 18.3. The maximum atomic E-state index is 11.8. The second kappa shape index (κ2) is 8.31. The molecule has 1 atom stereocenters. The number of nitriles is 1. The highest BCUT2D eigenvalue weighted by molar-refractivity contribution is 5.82. The Balaban J connectivity index is 0.000000351. The molecule has 1 unspecified atom stereocenters. The molecule has 0 saturated carbocycles. The molecule has 1 aromatic rings. The first kappa shape index (κ1) is 19.4. The van der Waals surface area contributed by atoms with E-state index >= 15 is 0 Å². The summed E-state index contributed by atoms with van der Waals surface area (Å²) in [6.07, 6.45) is -3.36. The number of halogens is 3. The third-order valence-corrected chi connectivity index (χ3v) is 3.24. The van der Waals surface area contributed by atoms with Crippen molar-refractivity contribution >= 4 is 11.9 Å². The Morgan fingerprint density at radius 3 is 2.62 bits per heavy atom. The molecule has 1 saturated heterocycles. The summed E-state index contributed by atoms with van der Waals surface area (Å²) < 4.78 is 31.7. The largest absolute Gasteiger partial charge is 0.490 e. The van der Waals surface area contributed by atoms with Crippen LogP contribution in [0, 0.1) is 11.3 Å². The van der Waals surface area contributed by atoms with E-state index in [1.165, 1.54) is 0 Å². The van der Waals surface area contributed by atoms with Crippen LogP contribution in [0.15, 0.2) is 24.3 Å². The smallest absolute Gasteiger partial charge is 0.475 e. The average Bonchev–Trinajstić information content (AvgIpc) is 2.52. The van der Waals surface area contributed by atoms with Crippen molar-refractivity contribution in [3.05, 3.63) is 35.4 Å². The zero-order valence-electron chi connectivity index (χ0n) is 12.6. The van der Waals surface area contributed by atoms with Crippen LogP contribution in [-0.4, -0.2) is 40.6 Å². The molecule has 0 aromatic heterocycles. The number of nitrogens with two attached hydrogens (primary N) is 1. The topological polar surface area (TPSA) is 107 Å². The minimum absolute atomic E-state index is 0.0126. The van der Waals surface area contributed by atoms with Gasteiger partial charge in [-0.3, -0.25) is 4.79 Å². The summed E-state index contributed by atoms with van der Waals surface area (Å²) in [5, 5.41) is 15.9. The third-order valence-electron chi connectivity index (χ3n) is 3.24. The zero-order valence-corrected chi connectivity index (χ0v) is 12.6. The first-order valence-corrected chi connectivity index (χ1v) is 6.98. The Kier molecular flexibility index (Phi) is 6.73. The van der Waals surface area contributed by atoms with Crippen molar-refractivity contribution in [2.24, 2.45) is 5.73 Å². The van der Waals surface area contributed by atoms with Gasteiger partial charge < -0.3 is 15.7 Å². The van der Waals surface area contributed by atoms with E-state index in [1.807, 2.05) is 18.2 Å². The van der Waals surface area contributed by atoms with Crippen LogP contribution < -0.4 is 5.73 Å². The van der Waals surface area contributed by atoms with E-state index in [-0.39, 0.29) is 11.9 Å². The van der Waals surface area contributed by atoms with E-state index in [2.05, 4.69) is 6.07 Å². The van der Waals surface area contributed by atoms with Gasteiger partial charge in [0.1, 0.15) is 0 Å². The number of carboxylic acids is 1. The third kappa shape index (κ3) is 5.89. The van der Waals surface area contributed by atoms with Crippen LogP contribution in [0.1, 0.15) is 24.0 Å². The van der Waals surface area contributed by atoms with Crippen LogP contribution in [0.2, 0.25) is 0 Å². The average molecular weight is 343 g/mol. The van der Waals surface area contributed by atoms with Crippen molar-refractivity contribution in [3.63, 3.8) is 0 Å². The van der Waals surface area contributed by atoms with Gasteiger partial charge in [0, 0.05) is 13.1 Å². The fourth-order valence-corrected chi connectivity index (χ4v) is 2.09. The van der Waals surface area contributed by atoms with Crippen molar-refractivity contribution in [3.8, 4) is 6.07 Å². The van der Waals surface area contributed by atoms with Gasteiger partial charge in [-0.25, -0.2) is 4.79 Å². The summed E-state index contributed by atoms with van der Waals surface area (Å²) in [7, 11) is 0. The molecule has 9 heteroatoms. The number of amides is 1. The molecule has 0 radical (unpaired) electrons. The van der Waals surface area contributed by atoms with Crippen molar-refractivity contribution in [1.82, 2.24) is 4.90 Å². The number of aliphatic carboxylic acids is 1. The molecule has 0 aliphatic carbocycles. The number of alkyl halides is 3. The van der Waals surface area contributed by atoms with E-state index < -0.39 is 12.1 Å². The Morgan fingerprint density at radius 1 is 1.46 bits per heavy atom. The predicted molar refractivity (Wildman–Crippen MR) is 77.5 cm³/mol. The lowest BCUT2D eigenvalue weighted by Crippen LogP contribution is -2.47. The van der Waals surface area contributed by atoms with Gasteiger partial charge in [0.25, 0.3) is 0 Å². The standard InChI is InChI=1S/C13H15N3O.C2HF3O2/c14-8-10-3-1-4-11(7-10)9-16-6-2-5-12(15)13(16)17;3-2(4,5)1(6)7/h1,3-4,7,12H,2,5-6,9,15H2;(H,6,7). The van der Waals surface area contributed by atoms with E-state index in [4.69, 9.17) is 20.9 Å².